The van der Waals surface area contributed by atoms with Crippen LogP contribution in [0.15, 0.2) is 0 Å². The second-order valence-corrected chi connectivity index (χ2v) is 4.72. The molecule has 1 aliphatic heterocycles. The summed E-state index contributed by atoms with van der Waals surface area (Å²) >= 11 is 0. The molecule has 5 nitrogen and oxygen atoms in total. The fraction of sp³-hybridized carbons (Fsp3) is 0.833. The van der Waals surface area contributed by atoms with Gasteiger partial charge in [-0.15, -0.1) is 0 Å². The van der Waals surface area contributed by atoms with Crippen molar-refractivity contribution < 1.29 is 19.4 Å². The van der Waals surface area contributed by atoms with Gasteiger partial charge in [0.05, 0.1) is 13.2 Å². The molecule has 1 saturated carbocycles. The smallest absolute Gasteiger partial charge is 0.232 e. The summed E-state index contributed by atoms with van der Waals surface area (Å²) < 4.78 is 5.11. The van der Waals surface area contributed by atoms with Crippen molar-refractivity contribution >= 4 is 11.8 Å². The number of nitrogens with zero attached hydrogens (tertiary/aromatic N) is 1. The number of imide groups is 1. The normalized spacial score (nSPS) is 27.9. The van der Waals surface area contributed by atoms with Gasteiger partial charge >= 0.3 is 0 Å². The summed E-state index contributed by atoms with van der Waals surface area (Å²) in [4.78, 5) is 25.3. The van der Waals surface area contributed by atoms with Crippen molar-refractivity contribution in [1.82, 2.24) is 4.90 Å². The van der Waals surface area contributed by atoms with E-state index in [9.17, 15) is 9.59 Å². The third kappa shape index (κ3) is 2.66. The summed E-state index contributed by atoms with van der Waals surface area (Å²) in [7, 11) is 0. The number of hydrogen-bond donors (Lipinski definition) is 1. The molecule has 5 heteroatoms. The van der Waals surface area contributed by atoms with E-state index in [1.807, 2.05) is 0 Å². The first-order valence-corrected chi connectivity index (χ1v) is 6.28. The Morgan fingerprint density at radius 1 is 1.18 bits per heavy atom. The number of rotatable bonds is 6. The summed E-state index contributed by atoms with van der Waals surface area (Å²) in [5.74, 6) is 0.170. The molecule has 0 aromatic rings. The van der Waals surface area contributed by atoms with Crippen LogP contribution in [0.3, 0.4) is 0 Å². The minimum absolute atomic E-state index is 0.00547. The van der Waals surface area contributed by atoms with Crippen LogP contribution in [0.25, 0.3) is 0 Å². The highest BCUT2D eigenvalue weighted by atomic mass is 16.5. The number of hydrogen-bond acceptors (Lipinski definition) is 4. The maximum atomic E-state index is 11.9. The van der Waals surface area contributed by atoms with E-state index in [1.54, 1.807) is 0 Å². The van der Waals surface area contributed by atoms with Crippen molar-refractivity contribution in [2.75, 3.05) is 26.4 Å². The van der Waals surface area contributed by atoms with Crippen LogP contribution in [0.1, 0.15) is 25.7 Å². The van der Waals surface area contributed by atoms with E-state index >= 15 is 0 Å². The van der Waals surface area contributed by atoms with Crippen molar-refractivity contribution in [3.8, 4) is 0 Å². The zero-order chi connectivity index (χ0) is 12.3. The zero-order valence-electron chi connectivity index (χ0n) is 9.93. The van der Waals surface area contributed by atoms with Gasteiger partial charge in [0.15, 0.2) is 0 Å². The predicted octanol–water partition coefficient (Wildman–Crippen LogP) is 0.171. The molecule has 2 bridgehead atoms. The van der Waals surface area contributed by atoms with Gasteiger partial charge in [0.1, 0.15) is 0 Å². The van der Waals surface area contributed by atoms with Crippen LogP contribution in [0.2, 0.25) is 0 Å². The molecule has 2 rings (SSSR count). The predicted molar refractivity (Wildman–Crippen MR) is 60.1 cm³/mol. The Labute approximate surface area is 101 Å². The molecule has 2 unspecified atom stereocenters. The van der Waals surface area contributed by atoms with Crippen LogP contribution in [-0.4, -0.2) is 48.2 Å². The van der Waals surface area contributed by atoms with Gasteiger partial charge in [-0.25, -0.2) is 0 Å². The Balaban J connectivity index is 1.79. The number of piperidine rings is 1. The average molecular weight is 241 g/mol. The first-order valence-electron chi connectivity index (χ1n) is 6.28. The van der Waals surface area contributed by atoms with Gasteiger partial charge in [-0.1, -0.05) is 0 Å². The fourth-order valence-electron chi connectivity index (χ4n) is 2.69. The molecule has 2 fully saturated rings. The molecule has 1 N–H and O–H groups in total. The van der Waals surface area contributed by atoms with Gasteiger partial charge in [-0.2, -0.15) is 0 Å². The SMILES string of the molecule is O=C1C2CCC(C2)C(=O)N1CCCOCCO. The monoisotopic (exact) mass is 241 g/mol. The van der Waals surface area contributed by atoms with Crippen LogP contribution >= 0.6 is 0 Å². The average Bonchev–Trinajstić information content (AvgIpc) is 2.77. The van der Waals surface area contributed by atoms with E-state index in [0.29, 0.717) is 26.2 Å². The minimum Gasteiger partial charge on any atom is -0.394 e. The van der Waals surface area contributed by atoms with Crippen LogP contribution in [-0.2, 0) is 14.3 Å². The minimum atomic E-state index is 0.00547. The molecule has 1 aliphatic carbocycles. The molecule has 2 aliphatic rings. The molecule has 0 spiro atoms. The molecule has 1 saturated heterocycles. The van der Waals surface area contributed by atoms with Gasteiger partial charge < -0.3 is 9.84 Å². The third-order valence-electron chi connectivity index (χ3n) is 3.57. The number of aliphatic hydroxyl groups is 1. The molecule has 2 amide bonds. The fourth-order valence-corrected chi connectivity index (χ4v) is 2.69. The maximum absolute atomic E-state index is 11.9. The third-order valence-corrected chi connectivity index (χ3v) is 3.57. The summed E-state index contributed by atoms with van der Waals surface area (Å²) in [6, 6.07) is 0. The van der Waals surface area contributed by atoms with Gasteiger partial charge in [0.2, 0.25) is 11.8 Å². The van der Waals surface area contributed by atoms with Gasteiger partial charge in [-0.05, 0) is 25.7 Å². The number of fused-ring (bicyclic) bond motifs is 2. The number of amides is 2. The van der Waals surface area contributed by atoms with E-state index in [2.05, 4.69) is 0 Å². The summed E-state index contributed by atoms with van der Waals surface area (Å²) in [6.45, 7) is 1.25. The number of ether oxygens (including phenoxy) is 1. The number of likely N-dealkylation sites (tertiary alicyclic amines) is 1. The number of aliphatic hydroxyl groups excluding tert-OH is 1. The first kappa shape index (κ1) is 12.5. The van der Waals surface area contributed by atoms with E-state index in [0.717, 1.165) is 19.3 Å². The molecule has 2 atom stereocenters. The Hall–Kier alpha value is -0.940. The quantitative estimate of drug-likeness (QED) is 0.532. The Morgan fingerprint density at radius 2 is 1.82 bits per heavy atom. The lowest BCUT2D eigenvalue weighted by atomic mass is 9.97. The van der Waals surface area contributed by atoms with E-state index in [1.165, 1.54) is 4.90 Å². The molecule has 1 heterocycles. The Morgan fingerprint density at radius 3 is 2.41 bits per heavy atom. The highest BCUT2D eigenvalue weighted by Crippen LogP contribution is 2.37. The van der Waals surface area contributed by atoms with Crippen molar-refractivity contribution in [3.05, 3.63) is 0 Å². The topological polar surface area (TPSA) is 66.8 Å². The van der Waals surface area contributed by atoms with Crippen LogP contribution in [0.4, 0.5) is 0 Å². The second kappa shape index (κ2) is 5.60. The zero-order valence-corrected chi connectivity index (χ0v) is 9.93. The number of carbonyl (C=O) groups is 2. The largest absolute Gasteiger partial charge is 0.394 e. The molecule has 0 aromatic carbocycles. The van der Waals surface area contributed by atoms with E-state index in [4.69, 9.17) is 9.84 Å². The summed E-state index contributed by atoms with van der Waals surface area (Å²) in [5, 5.41) is 8.53. The standard InChI is InChI=1S/C12H19NO4/c14-5-7-17-6-1-4-13-11(15)9-2-3-10(8-9)12(13)16/h9-10,14H,1-8H2. The summed E-state index contributed by atoms with van der Waals surface area (Å²) in [5.41, 5.74) is 0. The Kier molecular flexibility index (Phi) is 4.12. The first-order chi connectivity index (χ1) is 8.24. The van der Waals surface area contributed by atoms with Crippen LogP contribution in [0.5, 0.6) is 0 Å². The highest BCUT2D eigenvalue weighted by molar-refractivity contribution is 6.00. The van der Waals surface area contributed by atoms with Crippen molar-refractivity contribution in [2.45, 2.75) is 25.7 Å². The van der Waals surface area contributed by atoms with E-state index < -0.39 is 0 Å². The second-order valence-electron chi connectivity index (χ2n) is 4.72. The van der Waals surface area contributed by atoms with Crippen LogP contribution < -0.4 is 0 Å². The molecule has 0 aromatic heterocycles. The lowest BCUT2D eigenvalue weighted by Gasteiger charge is -2.29. The Bertz CT molecular complexity index is 283. The summed E-state index contributed by atoms with van der Waals surface area (Å²) in [6.07, 6.45) is 3.14. The van der Waals surface area contributed by atoms with Crippen molar-refractivity contribution in [1.29, 1.82) is 0 Å². The molecule has 96 valence electrons. The highest BCUT2D eigenvalue weighted by Gasteiger charge is 2.44. The lowest BCUT2D eigenvalue weighted by Crippen LogP contribution is -2.46. The van der Waals surface area contributed by atoms with Crippen LogP contribution in [0, 0.1) is 11.8 Å². The van der Waals surface area contributed by atoms with Gasteiger partial charge in [0.25, 0.3) is 0 Å². The van der Waals surface area contributed by atoms with E-state index in [-0.39, 0.29) is 30.3 Å². The molecular formula is C12H19NO4. The molecular weight excluding hydrogens is 222 g/mol. The number of carbonyl (C=O) groups excluding carboxylic acids is 2. The maximum Gasteiger partial charge on any atom is 0.232 e. The van der Waals surface area contributed by atoms with Crippen molar-refractivity contribution in [3.63, 3.8) is 0 Å². The van der Waals surface area contributed by atoms with Gasteiger partial charge in [-0.3, -0.25) is 14.5 Å². The molecule has 0 radical (unpaired) electrons. The lowest BCUT2D eigenvalue weighted by molar-refractivity contribution is -0.152. The molecule has 17 heavy (non-hydrogen) atoms. The van der Waals surface area contributed by atoms with Gasteiger partial charge in [0, 0.05) is 25.0 Å². The van der Waals surface area contributed by atoms with Crippen molar-refractivity contribution in [2.24, 2.45) is 11.8 Å².